The third-order valence-corrected chi connectivity index (χ3v) is 4.77. The normalized spacial score (nSPS) is 19.8. The molecule has 1 saturated heterocycles. The molecule has 2 aliphatic rings. The van der Waals surface area contributed by atoms with Crippen molar-refractivity contribution in [3.8, 4) is 11.8 Å². The van der Waals surface area contributed by atoms with Crippen LogP contribution in [0.2, 0.25) is 0 Å². The van der Waals surface area contributed by atoms with Gasteiger partial charge in [-0.25, -0.2) is 0 Å². The van der Waals surface area contributed by atoms with Crippen LogP contribution in [0, 0.1) is 17.2 Å². The van der Waals surface area contributed by atoms with Gasteiger partial charge in [0.25, 0.3) is 0 Å². The lowest BCUT2D eigenvalue weighted by molar-refractivity contribution is 0.190. The highest BCUT2D eigenvalue weighted by atomic mass is 16.5. The topological polar surface area (TPSA) is 48.3 Å². The maximum Gasteiger partial charge on any atom is 0.136 e. The Morgan fingerprint density at radius 3 is 2.68 bits per heavy atom. The Labute approximate surface area is 133 Å². The van der Waals surface area contributed by atoms with E-state index in [1.165, 1.54) is 37.8 Å². The van der Waals surface area contributed by atoms with Crippen LogP contribution < -0.4 is 10.1 Å². The molecule has 0 bridgehead atoms. The van der Waals surface area contributed by atoms with E-state index in [1.54, 1.807) is 7.11 Å². The Morgan fingerprint density at radius 2 is 2.05 bits per heavy atom. The second-order valence-corrected chi connectivity index (χ2v) is 6.55. The minimum atomic E-state index is 0.606. The molecule has 0 unspecified atom stereocenters. The number of hydrogen-bond donors (Lipinski definition) is 1. The number of ether oxygens (including phenoxy) is 1. The Hall–Kier alpha value is -1.57. The number of benzene rings is 1. The molecular weight excluding hydrogens is 274 g/mol. The van der Waals surface area contributed by atoms with Gasteiger partial charge in [0.15, 0.2) is 0 Å². The van der Waals surface area contributed by atoms with Crippen LogP contribution in [0.4, 0.5) is 0 Å². The zero-order valence-corrected chi connectivity index (χ0v) is 13.3. The molecule has 1 aliphatic heterocycles. The first-order chi connectivity index (χ1) is 10.8. The maximum atomic E-state index is 9.04. The number of hydrogen-bond acceptors (Lipinski definition) is 4. The highest BCUT2D eigenvalue weighted by Crippen LogP contribution is 2.28. The van der Waals surface area contributed by atoms with Crippen molar-refractivity contribution in [3.05, 3.63) is 29.3 Å². The largest absolute Gasteiger partial charge is 0.495 e. The lowest BCUT2D eigenvalue weighted by Crippen LogP contribution is -2.42. The van der Waals surface area contributed by atoms with E-state index in [-0.39, 0.29) is 0 Å². The van der Waals surface area contributed by atoms with Gasteiger partial charge in [0, 0.05) is 12.6 Å². The maximum absolute atomic E-state index is 9.04. The summed E-state index contributed by atoms with van der Waals surface area (Å²) in [5.74, 6) is 1.64. The summed E-state index contributed by atoms with van der Waals surface area (Å²) in [7, 11) is 1.62. The minimum Gasteiger partial charge on any atom is -0.495 e. The van der Waals surface area contributed by atoms with Gasteiger partial charge in [0.2, 0.25) is 0 Å². The van der Waals surface area contributed by atoms with Gasteiger partial charge in [-0.2, -0.15) is 5.26 Å². The van der Waals surface area contributed by atoms with Gasteiger partial charge in [-0.15, -0.1) is 0 Å². The summed E-state index contributed by atoms with van der Waals surface area (Å²) in [5.41, 5.74) is 1.83. The molecule has 22 heavy (non-hydrogen) atoms. The van der Waals surface area contributed by atoms with Crippen molar-refractivity contribution < 1.29 is 4.74 Å². The monoisotopic (exact) mass is 299 g/mol. The fraction of sp³-hybridized carbons (Fsp3) is 0.611. The molecule has 1 aliphatic carbocycles. The van der Waals surface area contributed by atoms with Gasteiger partial charge >= 0.3 is 0 Å². The third kappa shape index (κ3) is 4.00. The van der Waals surface area contributed by atoms with Gasteiger partial charge < -0.3 is 10.1 Å². The van der Waals surface area contributed by atoms with Crippen LogP contribution in [0.15, 0.2) is 18.2 Å². The molecule has 0 radical (unpaired) electrons. The zero-order valence-electron chi connectivity index (χ0n) is 13.3. The highest BCUT2D eigenvalue weighted by Gasteiger charge is 2.24. The van der Waals surface area contributed by atoms with E-state index in [2.05, 4.69) is 16.3 Å². The van der Waals surface area contributed by atoms with Crippen molar-refractivity contribution in [2.24, 2.45) is 5.92 Å². The fourth-order valence-corrected chi connectivity index (χ4v) is 3.14. The van der Waals surface area contributed by atoms with E-state index in [1.807, 2.05) is 18.2 Å². The Kier molecular flexibility index (Phi) is 4.97. The number of nitrogens with one attached hydrogen (secondary N) is 1. The summed E-state index contributed by atoms with van der Waals surface area (Å²) >= 11 is 0. The number of likely N-dealkylation sites (tertiary alicyclic amines) is 1. The quantitative estimate of drug-likeness (QED) is 0.877. The molecule has 3 rings (SSSR count). The molecule has 4 heteroatoms. The van der Waals surface area contributed by atoms with Crippen molar-refractivity contribution in [3.63, 3.8) is 0 Å². The smallest absolute Gasteiger partial charge is 0.136 e. The summed E-state index contributed by atoms with van der Waals surface area (Å²) in [6.45, 7) is 4.45. The fourth-order valence-electron chi connectivity index (χ4n) is 3.14. The van der Waals surface area contributed by atoms with Crippen LogP contribution in [0.1, 0.15) is 36.8 Å². The molecule has 0 amide bonds. The molecule has 4 nitrogen and oxygen atoms in total. The van der Waals surface area contributed by atoms with E-state index in [9.17, 15) is 0 Å². The van der Waals surface area contributed by atoms with Crippen LogP contribution in [0.3, 0.4) is 0 Å². The van der Waals surface area contributed by atoms with Crippen LogP contribution in [0.25, 0.3) is 0 Å². The van der Waals surface area contributed by atoms with Crippen LogP contribution in [0.5, 0.6) is 5.75 Å². The van der Waals surface area contributed by atoms with Crippen molar-refractivity contribution in [2.75, 3.05) is 26.7 Å². The lowest BCUT2D eigenvalue weighted by Gasteiger charge is -2.32. The summed E-state index contributed by atoms with van der Waals surface area (Å²) in [6.07, 6.45) is 5.32. The van der Waals surface area contributed by atoms with Crippen LogP contribution in [-0.2, 0) is 6.54 Å². The molecule has 118 valence electrons. The molecule has 1 saturated carbocycles. The van der Waals surface area contributed by atoms with Gasteiger partial charge in [0.05, 0.1) is 12.7 Å². The molecule has 2 fully saturated rings. The van der Waals surface area contributed by atoms with Gasteiger partial charge in [0.1, 0.15) is 11.8 Å². The summed E-state index contributed by atoms with van der Waals surface area (Å²) in [6, 6.07) is 8.76. The molecule has 0 aromatic heterocycles. The Morgan fingerprint density at radius 1 is 1.27 bits per heavy atom. The molecule has 0 atom stereocenters. The Balaban J connectivity index is 1.48. The first-order valence-electron chi connectivity index (χ1n) is 8.31. The van der Waals surface area contributed by atoms with E-state index in [0.717, 1.165) is 25.6 Å². The van der Waals surface area contributed by atoms with Crippen molar-refractivity contribution in [1.29, 1.82) is 5.26 Å². The number of nitriles is 1. The number of nitrogens with zero attached hydrogens (tertiary/aromatic N) is 2. The summed E-state index contributed by atoms with van der Waals surface area (Å²) in [4.78, 5) is 2.50. The predicted octanol–water partition coefficient (Wildman–Crippen LogP) is 2.53. The second-order valence-electron chi connectivity index (χ2n) is 6.55. The van der Waals surface area contributed by atoms with E-state index in [4.69, 9.17) is 10.00 Å². The second kappa shape index (κ2) is 7.13. The summed E-state index contributed by atoms with van der Waals surface area (Å²) < 4.78 is 5.29. The highest BCUT2D eigenvalue weighted by molar-refractivity contribution is 5.45. The molecule has 1 aromatic carbocycles. The van der Waals surface area contributed by atoms with Crippen molar-refractivity contribution >= 4 is 0 Å². The third-order valence-electron chi connectivity index (χ3n) is 4.77. The standard InChI is InChI=1S/C18H25N3O/c1-22-18-10-15(4-5-16(18)11-19)13-21-8-6-17(7-9-21)20-12-14-2-3-14/h4-5,10,14,17,20H,2-3,6-9,12-13H2,1H3. The number of rotatable bonds is 6. The summed E-state index contributed by atoms with van der Waals surface area (Å²) in [5, 5.41) is 12.8. The van der Waals surface area contributed by atoms with Gasteiger partial charge in [-0.1, -0.05) is 6.07 Å². The van der Waals surface area contributed by atoms with Crippen LogP contribution >= 0.6 is 0 Å². The SMILES string of the molecule is COc1cc(CN2CCC(NCC3CC3)CC2)ccc1C#N. The first-order valence-corrected chi connectivity index (χ1v) is 8.31. The van der Waals surface area contributed by atoms with E-state index < -0.39 is 0 Å². The molecule has 1 aromatic rings. The lowest BCUT2D eigenvalue weighted by atomic mass is 10.0. The van der Waals surface area contributed by atoms with E-state index >= 15 is 0 Å². The average Bonchev–Trinajstić information content (AvgIpc) is 3.38. The van der Waals surface area contributed by atoms with Gasteiger partial charge in [-0.3, -0.25) is 4.90 Å². The molecule has 1 N–H and O–H groups in total. The molecule has 0 spiro atoms. The van der Waals surface area contributed by atoms with Crippen molar-refractivity contribution in [1.82, 2.24) is 10.2 Å². The first kappa shape index (κ1) is 15.3. The van der Waals surface area contributed by atoms with Crippen LogP contribution in [-0.4, -0.2) is 37.7 Å². The van der Waals surface area contributed by atoms with E-state index in [0.29, 0.717) is 17.4 Å². The Bertz CT molecular complexity index is 540. The molecular formula is C18H25N3O. The van der Waals surface area contributed by atoms with Gasteiger partial charge in [-0.05, 0) is 68.9 Å². The zero-order chi connectivity index (χ0) is 15.4. The number of methoxy groups -OCH3 is 1. The molecule has 1 heterocycles. The van der Waals surface area contributed by atoms with Crippen molar-refractivity contribution in [2.45, 2.75) is 38.3 Å². The average molecular weight is 299 g/mol. The minimum absolute atomic E-state index is 0.606. The number of piperidine rings is 1. The predicted molar refractivity (Wildman–Crippen MR) is 86.7 cm³/mol.